The fourth-order valence-corrected chi connectivity index (χ4v) is 3.31. The highest BCUT2D eigenvalue weighted by Crippen LogP contribution is 2.33. The molecule has 1 N–H and O–H groups in total. The molecule has 0 saturated carbocycles. The van der Waals surface area contributed by atoms with Crippen LogP contribution < -0.4 is 5.32 Å². The second-order valence-electron chi connectivity index (χ2n) is 4.13. The van der Waals surface area contributed by atoms with Gasteiger partial charge in [0.25, 0.3) is 0 Å². The van der Waals surface area contributed by atoms with Gasteiger partial charge >= 0.3 is 6.09 Å². The Kier molecular flexibility index (Phi) is 2.41. The van der Waals surface area contributed by atoms with E-state index >= 15 is 0 Å². The predicted molar refractivity (Wildman–Crippen MR) is 52.9 cm³/mol. The molecule has 1 amide bonds. The van der Waals surface area contributed by atoms with Crippen LogP contribution in [0.25, 0.3) is 0 Å². The van der Waals surface area contributed by atoms with Crippen LogP contribution in [0.5, 0.6) is 0 Å². The van der Waals surface area contributed by atoms with Crippen LogP contribution in [0.15, 0.2) is 0 Å². The Labute approximate surface area is 82.6 Å². The number of nitrogens with one attached hydrogen (secondary N) is 1. The lowest BCUT2D eigenvalue weighted by Crippen LogP contribution is -2.32. The molecule has 0 aromatic carbocycles. The highest BCUT2D eigenvalue weighted by Gasteiger charge is 2.38. The molecular formula is C9H15NO2S. The smallest absolute Gasteiger partial charge is 0.407 e. The minimum atomic E-state index is -0.256. The molecule has 2 rings (SSSR count). The largest absolute Gasteiger partial charge is 0.441 e. The summed E-state index contributed by atoms with van der Waals surface area (Å²) in [5, 5.41) is 2.72. The molecule has 13 heavy (non-hydrogen) atoms. The number of rotatable bonds is 2. The minimum absolute atomic E-state index is 0.243. The first-order chi connectivity index (χ1) is 6.18. The number of cyclic esters (lactones) is 1. The van der Waals surface area contributed by atoms with E-state index in [1.165, 1.54) is 17.9 Å². The van der Waals surface area contributed by atoms with Gasteiger partial charge in [0.05, 0.1) is 6.54 Å². The van der Waals surface area contributed by atoms with Crippen molar-refractivity contribution in [2.75, 3.05) is 18.1 Å². The Bertz CT molecular complexity index is 216. The lowest BCUT2D eigenvalue weighted by atomic mass is 9.92. The SMILES string of the molecule is CC1(CC2CCSC2)CNC(=O)O1. The van der Waals surface area contributed by atoms with E-state index in [0.717, 1.165) is 12.3 Å². The van der Waals surface area contributed by atoms with Crippen LogP contribution >= 0.6 is 11.8 Å². The van der Waals surface area contributed by atoms with Crippen molar-refractivity contribution in [1.82, 2.24) is 5.32 Å². The molecule has 0 aromatic rings. The van der Waals surface area contributed by atoms with Gasteiger partial charge in [0.15, 0.2) is 0 Å². The van der Waals surface area contributed by atoms with Crippen LogP contribution in [0.3, 0.4) is 0 Å². The number of hydrogen-bond donors (Lipinski definition) is 1. The maximum absolute atomic E-state index is 10.9. The summed E-state index contributed by atoms with van der Waals surface area (Å²) in [6.45, 7) is 2.70. The molecule has 3 nitrogen and oxygen atoms in total. The molecule has 74 valence electrons. The first-order valence-corrected chi connectivity index (χ1v) is 5.88. The third kappa shape index (κ3) is 2.10. The second kappa shape index (κ2) is 3.40. The van der Waals surface area contributed by atoms with Crippen LogP contribution in [-0.2, 0) is 4.74 Å². The molecule has 0 aliphatic carbocycles. The van der Waals surface area contributed by atoms with Gasteiger partial charge in [-0.2, -0.15) is 11.8 Å². The Morgan fingerprint density at radius 2 is 2.62 bits per heavy atom. The lowest BCUT2D eigenvalue weighted by Gasteiger charge is -2.24. The molecule has 0 aromatic heterocycles. The van der Waals surface area contributed by atoms with Crippen molar-refractivity contribution in [2.45, 2.75) is 25.4 Å². The summed E-state index contributed by atoms with van der Waals surface area (Å²) in [6.07, 6.45) is 2.03. The fraction of sp³-hybridized carbons (Fsp3) is 0.889. The number of ether oxygens (including phenoxy) is 1. The first-order valence-electron chi connectivity index (χ1n) is 4.73. The molecule has 2 heterocycles. The Balaban J connectivity index is 1.88. The number of amides is 1. The monoisotopic (exact) mass is 201 g/mol. The number of thioether (sulfide) groups is 1. The summed E-state index contributed by atoms with van der Waals surface area (Å²) in [6, 6.07) is 0. The molecule has 0 spiro atoms. The van der Waals surface area contributed by atoms with Gasteiger partial charge in [0, 0.05) is 0 Å². The summed E-state index contributed by atoms with van der Waals surface area (Å²) in [5.41, 5.74) is -0.243. The Morgan fingerprint density at radius 3 is 3.15 bits per heavy atom. The molecule has 0 bridgehead atoms. The summed E-state index contributed by atoms with van der Waals surface area (Å²) in [5.74, 6) is 3.23. The molecule has 2 fully saturated rings. The number of carbonyl (C=O) groups is 1. The van der Waals surface area contributed by atoms with Crippen molar-refractivity contribution >= 4 is 17.9 Å². The van der Waals surface area contributed by atoms with Gasteiger partial charge in [-0.3, -0.25) is 0 Å². The lowest BCUT2D eigenvalue weighted by molar-refractivity contribution is 0.0539. The molecule has 2 atom stereocenters. The van der Waals surface area contributed by atoms with E-state index in [0.29, 0.717) is 6.54 Å². The van der Waals surface area contributed by atoms with Crippen LogP contribution in [0.2, 0.25) is 0 Å². The predicted octanol–water partition coefficient (Wildman–Crippen LogP) is 1.63. The van der Waals surface area contributed by atoms with Crippen molar-refractivity contribution in [1.29, 1.82) is 0 Å². The zero-order valence-electron chi connectivity index (χ0n) is 7.84. The van der Waals surface area contributed by atoms with Crippen LogP contribution in [0.4, 0.5) is 4.79 Å². The third-order valence-corrected chi connectivity index (χ3v) is 3.92. The Hall–Kier alpha value is -0.380. The molecule has 4 heteroatoms. The average molecular weight is 201 g/mol. The summed E-state index contributed by atoms with van der Waals surface area (Å²) in [4.78, 5) is 10.9. The van der Waals surface area contributed by atoms with E-state index in [9.17, 15) is 4.79 Å². The molecule has 2 aliphatic heterocycles. The summed E-state index contributed by atoms with van der Waals surface area (Å²) in [7, 11) is 0. The third-order valence-electron chi connectivity index (χ3n) is 2.69. The molecule has 0 radical (unpaired) electrons. The van der Waals surface area contributed by atoms with E-state index in [1.807, 2.05) is 18.7 Å². The van der Waals surface area contributed by atoms with Crippen LogP contribution in [-0.4, -0.2) is 29.7 Å². The first kappa shape index (κ1) is 9.19. The molecule has 2 saturated heterocycles. The van der Waals surface area contributed by atoms with Gasteiger partial charge in [-0.1, -0.05) is 0 Å². The number of hydrogen-bond acceptors (Lipinski definition) is 3. The topological polar surface area (TPSA) is 38.3 Å². The maximum Gasteiger partial charge on any atom is 0.407 e. The zero-order valence-corrected chi connectivity index (χ0v) is 8.65. The number of alkyl carbamates (subject to hydrolysis) is 1. The van der Waals surface area contributed by atoms with Gasteiger partial charge in [-0.25, -0.2) is 4.79 Å². The van der Waals surface area contributed by atoms with Gasteiger partial charge in [0.1, 0.15) is 5.60 Å². The van der Waals surface area contributed by atoms with Crippen LogP contribution in [0.1, 0.15) is 19.8 Å². The summed E-state index contributed by atoms with van der Waals surface area (Å²) < 4.78 is 5.25. The van der Waals surface area contributed by atoms with Crippen molar-refractivity contribution in [3.05, 3.63) is 0 Å². The zero-order chi connectivity index (χ0) is 9.31. The van der Waals surface area contributed by atoms with Crippen molar-refractivity contribution < 1.29 is 9.53 Å². The minimum Gasteiger partial charge on any atom is -0.441 e. The highest BCUT2D eigenvalue weighted by molar-refractivity contribution is 7.99. The highest BCUT2D eigenvalue weighted by atomic mass is 32.2. The Morgan fingerprint density at radius 1 is 1.77 bits per heavy atom. The summed E-state index contributed by atoms with van der Waals surface area (Å²) >= 11 is 2.00. The van der Waals surface area contributed by atoms with Gasteiger partial charge < -0.3 is 10.1 Å². The van der Waals surface area contributed by atoms with E-state index in [-0.39, 0.29) is 11.7 Å². The fourth-order valence-electron chi connectivity index (χ4n) is 2.02. The maximum atomic E-state index is 10.9. The normalized spacial score (nSPS) is 38.8. The second-order valence-corrected chi connectivity index (χ2v) is 5.28. The van der Waals surface area contributed by atoms with Gasteiger partial charge in [-0.15, -0.1) is 0 Å². The molecule has 2 aliphatic rings. The van der Waals surface area contributed by atoms with Crippen molar-refractivity contribution in [2.24, 2.45) is 5.92 Å². The quantitative estimate of drug-likeness (QED) is 0.738. The van der Waals surface area contributed by atoms with Crippen LogP contribution in [0, 0.1) is 5.92 Å². The van der Waals surface area contributed by atoms with Gasteiger partial charge in [0.2, 0.25) is 0 Å². The number of carbonyl (C=O) groups excluding carboxylic acids is 1. The van der Waals surface area contributed by atoms with Gasteiger partial charge in [-0.05, 0) is 37.2 Å². The van der Waals surface area contributed by atoms with Crippen molar-refractivity contribution in [3.8, 4) is 0 Å². The standard InChI is InChI=1S/C9H15NO2S/c1-9(6-10-8(11)12-9)4-7-2-3-13-5-7/h7H,2-6H2,1H3,(H,10,11). The van der Waals surface area contributed by atoms with E-state index < -0.39 is 0 Å². The van der Waals surface area contributed by atoms with E-state index in [2.05, 4.69) is 5.32 Å². The van der Waals surface area contributed by atoms with Crippen molar-refractivity contribution in [3.63, 3.8) is 0 Å². The van der Waals surface area contributed by atoms with E-state index in [4.69, 9.17) is 4.74 Å². The molecule has 2 unspecified atom stereocenters. The average Bonchev–Trinajstić information content (AvgIpc) is 2.62. The molecular weight excluding hydrogens is 186 g/mol. The van der Waals surface area contributed by atoms with E-state index in [1.54, 1.807) is 0 Å².